The van der Waals surface area contributed by atoms with Gasteiger partial charge in [0.05, 0.1) is 18.0 Å². The van der Waals surface area contributed by atoms with E-state index in [2.05, 4.69) is 26.1 Å². The first kappa shape index (κ1) is 33.6. The predicted molar refractivity (Wildman–Crippen MR) is 178 cm³/mol. The first-order valence-corrected chi connectivity index (χ1v) is 14.6. The number of imide groups is 2. The van der Waals surface area contributed by atoms with Gasteiger partial charge in [0.25, 0.3) is 23.3 Å². The maximum Gasteiger partial charge on any atom is 0.335 e. The number of aromatic amines is 1. The lowest BCUT2D eigenvalue weighted by molar-refractivity contribution is -0.122. The van der Waals surface area contributed by atoms with Crippen LogP contribution in [-0.4, -0.2) is 57.5 Å². The molecule has 5 N–H and O–H groups in total. The van der Waals surface area contributed by atoms with E-state index in [1.807, 2.05) is 0 Å². The van der Waals surface area contributed by atoms with Crippen molar-refractivity contribution in [2.75, 3.05) is 19.0 Å². The Labute approximate surface area is 277 Å². The van der Waals surface area contributed by atoms with Crippen molar-refractivity contribution in [3.8, 4) is 11.6 Å². The number of benzene rings is 2. The van der Waals surface area contributed by atoms with Gasteiger partial charge in [0.15, 0.2) is 0 Å². The molecule has 0 radical (unpaired) electrons. The average molecular weight is 664 g/mol. The van der Waals surface area contributed by atoms with E-state index in [1.54, 1.807) is 43.4 Å². The number of aromatic hydroxyl groups is 1. The van der Waals surface area contributed by atoms with Crippen LogP contribution < -0.4 is 32.3 Å². The van der Waals surface area contributed by atoms with Crippen LogP contribution in [0.2, 0.25) is 0 Å². The minimum atomic E-state index is -0.996. The number of hydrogen-bond donors (Lipinski definition) is 5. The summed E-state index contributed by atoms with van der Waals surface area (Å²) < 4.78 is 0.857. The van der Waals surface area contributed by atoms with Crippen LogP contribution in [0.1, 0.15) is 27.0 Å². The van der Waals surface area contributed by atoms with Crippen molar-refractivity contribution in [3.63, 3.8) is 0 Å². The van der Waals surface area contributed by atoms with Gasteiger partial charge in [-0.2, -0.15) is 0 Å². The van der Waals surface area contributed by atoms with Gasteiger partial charge < -0.3 is 10.4 Å². The highest BCUT2D eigenvalue weighted by Gasteiger charge is 2.36. The summed E-state index contributed by atoms with van der Waals surface area (Å²) in [6.07, 6.45) is 8.30. The molecule has 0 spiro atoms. The number of rotatable bonds is 10. The first-order chi connectivity index (χ1) is 23.6. The highest BCUT2D eigenvalue weighted by Crippen LogP contribution is 2.24. The van der Waals surface area contributed by atoms with Crippen LogP contribution in [0, 0.1) is 0 Å². The zero-order valence-electron chi connectivity index (χ0n) is 26.1. The molecule has 3 heterocycles. The summed E-state index contributed by atoms with van der Waals surface area (Å²) in [6, 6.07) is 14.5. The van der Waals surface area contributed by atoms with Crippen molar-refractivity contribution in [1.29, 1.82) is 0 Å². The highest BCUT2D eigenvalue weighted by atomic mass is 16.6. The van der Waals surface area contributed by atoms with Crippen molar-refractivity contribution < 1.29 is 29.1 Å². The van der Waals surface area contributed by atoms with E-state index in [1.165, 1.54) is 68.0 Å². The van der Waals surface area contributed by atoms with Crippen molar-refractivity contribution in [2.24, 2.45) is 0 Å². The Morgan fingerprint density at radius 2 is 1.69 bits per heavy atom. The summed E-state index contributed by atoms with van der Waals surface area (Å²) in [5.41, 5.74) is 2.22. The van der Waals surface area contributed by atoms with Gasteiger partial charge in [0.2, 0.25) is 5.88 Å². The Bertz CT molecular complexity index is 2170. The summed E-state index contributed by atoms with van der Waals surface area (Å²) >= 11 is 0. The molecule has 0 saturated carbocycles. The van der Waals surface area contributed by atoms with E-state index in [0.29, 0.717) is 16.7 Å². The number of allylic oxidation sites excluding steroid dienone is 4. The fraction of sp³-hybridized carbons (Fsp3) is 0.0882. The number of hydrogen-bond acceptors (Lipinski definition) is 10. The molecule has 0 unspecified atom stereocenters. The van der Waals surface area contributed by atoms with Crippen LogP contribution in [0.3, 0.4) is 0 Å². The van der Waals surface area contributed by atoms with Gasteiger partial charge in [-0.25, -0.2) is 24.5 Å². The Morgan fingerprint density at radius 3 is 2.43 bits per heavy atom. The Kier molecular flexibility index (Phi) is 10.2. The number of urea groups is 1. The quantitative estimate of drug-likeness (QED) is 0.0722. The van der Waals surface area contributed by atoms with Crippen LogP contribution in [0.15, 0.2) is 106 Å². The van der Waals surface area contributed by atoms with Crippen molar-refractivity contribution in [1.82, 2.24) is 30.6 Å². The molecule has 1 fully saturated rings. The number of barbiturate groups is 1. The third-order valence-corrected chi connectivity index (χ3v) is 7.24. The van der Waals surface area contributed by atoms with E-state index in [-0.39, 0.29) is 29.1 Å². The Morgan fingerprint density at radius 1 is 0.959 bits per heavy atom. The molecule has 5 rings (SSSR count). The molecule has 248 valence electrons. The van der Waals surface area contributed by atoms with Crippen molar-refractivity contribution in [2.45, 2.75) is 6.61 Å². The van der Waals surface area contributed by atoms with Crippen molar-refractivity contribution >= 4 is 41.1 Å². The van der Waals surface area contributed by atoms with E-state index < -0.39 is 46.5 Å². The standard InChI is InChI=1S/C34H29N7O8/c1-35-28(42)23-6-4-8-25(18-23)41-32(46)27(30(44)39-34(41)48)12-10-21(22-13-15-37-16-14-22)9-11-26-29(43)38-33(47)40(31(26)45)24-7-3-5-20(17-24)19-49-36-2/h3-18,36,43H,19H2,1-2H3,(H,35,42)(H,38,47)(H,39,44,48). The van der Waals surface area contributed by atoms with Crippen LogP contribution >= 0.6 is 0 Å². The van der Waals surface area contributed by atoms with Crippen LogP contribution in [0.4, 0.5) is 10.5 Å². The second kappa shape index (κ2) is 14.8. The second-order valence-corrected chi connectivity index (χ2v) is 10.3. The van der Waals surface area contributed by atoms with Gasteiger partial charge in [-0.3, -0.25) is 39.3 Å². The largest absolute Gasteiger partial charge is 0.494 e. The molecule has 1 aliphatic rings. The number of nitrogens with zero attached hydrogens (tertiary/aromatic N) is 3. The summed E-state index contributed by atoms with van der Waals surface area (Å²) in [5, 5.41) is 15.2. The minimum absolute atomic E-state index is 0.0603. The number of hydroxylamine groups is 1. The lowest BCUT2D eigenvalue weighted by Crippen LogP contribution is -2.54. The summed E-state index contributed by atoms with van der Waals surface area (Å²) in [5.74, 6) is -3.02. The molecule has 0 aliphatic carbocycles. The Hall–Kier alpha value is -6.71. The third kappa shape index (κ3) is 7.32. The summed E-state index contributed by atoms with van der Waals surface area (Å²) in [7, 11) is 3.03. The van der Waals surface area contributed by atoms with Gasteiger partial charge in [0.1, 0.15) is 11.1 Å². The molecule has 15 heteroatoms. The van der Waals surface area contributed by atoms with Gasteiger partial charge in [0, 0.05) is 32.1 Å². The normalized spacial score (nSPS) is 14.4. The number of carbonyl (C=O) groups is 4. The molecule has 49 heavy (non-hydrogen) atoms. The summed E-state index contributed by atoms with van der Waals surface area (Å²) in [4.78, 5) is 89.7. The van der Waals surface area contributed by atoms with Crippen molar-refractivity contribution in [3.05, 3.63) is 140 Å². The minimum Gasteiger partial charge on any atom is -0.494 e. The molecule has 0 bridgehead atoms. The number of amides is 5. The fourth-order valence-electron chi connectivity index (χ4n) is 4.84. The maximum atomic E-state index is 13.6. The average Bonchev–Trinajstić information content (AvgIpc) is 3.09. The zero-order valence-corrected chi connectivity index (χ0v) is 26.1. The molecule has 1 saturated heterocycles. The maximum absolute atomic E-state index is 13.6. The number of anilines is 1. The van der Waals surface area contributed by atoms with Crippen LogP contribution in [0.25, 0.3) is 17.3 Å². The SMILES string of the molecule is CNOCc1cccc(-n2c(=O)[nH]c(O)c(C=CC(=CC=C3C(=O)NC(=O)N(c4cccc(C(=O)NC)c4)C3=O)c3ccncc3)c2=O)c1. The molecule has 2 aromatic heterocycles. The van der Waals surface area contributed by atoms with E-state index in [9.17, 15) is 33.9 Å². The topological polar surface area (TPSA) is 205 Å². The molecule has 2 aromatic carbocycles. The van der Waals surface area contributed by atoms with Crippen LogP contribution in [-0.2, 0) is 21.0 Å². The molecular formula is C34H29N7O8. The Balaban J connectivity index is 1.55. The molecule has 5 amide bonds. The number of nitrogens with one attached hydrogen (secondary N) is 4. The van der Waals surface area contributed by atoms with E-state index in [4.69, 9.17) is 4.84 Å². The fourth-order valence-corrected chi connectivity index (χ4v) is 4.84. The summed E-state index contributed by atoms with van der Waals surface area (Å²) in [6.45, 7) is 0.159. The molecule has 15 nitrogen and oxygen atoms in total. The third-order valence-electron chi connectivity index (χ3n) is 7.24. The smallest absolute Gasteiger partial charge is 0.335 e. The first-order valence-electron chi connectivity index (χ1n) is 14.6. The number of pyridine rings is 1. The highest BCUT2D eigenvalue weighted by molar-refractivity contribution is 6.37. The van der Waals surface area contributed by atoms with Gasteiger partial charge in [-0.1, -0.05) is 30.4 Å². The van der Waals surface area contributed by atoms with Crippen LogP contribution in [0.5, 0.6) is 5.88 Å². The van der Waals surface area contributed by atoms with Gasteiger partial charge >= 0.3 is 11.7 Å². The number of H-pyrrole nitrogens is 1. The number of carbonyl (C=O) groups excluding carboxylic acids is 4. The second-order valence-electron chi connectivity index (χ2n) is 10.3. The molecule has 4 aromatic rings. The number of aromatic nitrogens is 3. The predicted octanol–water partition coefficient (Wildman–Crippen LogP) is 1.94. The van der Waals surface area contributed by atoms with E-state index >= 15 is 0 Å². The zero-order chi connectivity index (χ0) is 35.1. The lowest BCUT2D eigenvalue weighted by atomic mass is 10.0. The van der Waals surface area contributed by atoms with Gasteiger partial charge in [-0.15, -0.1) is 0 Å². The van der Waals surface area contributed by atoms with Gasteiger partial charge in [-0.05, 0) is 71.3 Å². The molecule has 1 aliphatic heterocycles. The van der Waals surface area contributed by atoms with E-state index in [0.717, 1.165) is 9.47 Å². The monoisotopic (exact) mass is 663 g/mol. The molecule has 0 atom stereocenters. The molecular weight excluding hydrogens is 634 g/mol. The lowest BCUT2D eigenvalue weighted by Gasteiger charge is -2.26.